The topological polar surface area (TPSA) is 94.1 Å². The summed E-state index contributed by atoms with van der Waals surface area (Å²) in [5, 5.41) is 13.1. The number of aryl methyl sites for hydroxylation is 2. The molecule has 0 fully saturated rings. The van der Waals surface area contributed by atoms with E-state index in [1.54, 1.807) is 6.92 Å². The normalized spacial score (nSPS) is 13.8. The van der Waals surface area contributed by atoms with Gasteiger partial charge in [-0.15, -0.1) is 11.3 Å². The molecule has 4 rings (SSSR count). The molecule has 1 aliphatic rings. The fraction of sp³-hybridized carbons (Fsp3) is 0.333. The van der Waals surface area contributed by atoms with E-state index in [2.05, 4.69) is 20.6 Å². The van der Waals surface area contributed by atoms with Crippen LogP contribution in [-0.2, 0) is 12.8 Å². The standard InChI is InChI=1S/C15H14N4O3S/c1-8-16-14(22-18-8)10-6-7-23-15(10)17-13(20)12-9-4-2-3-5-11(9)21-19-12/h6-7H,2-5H2,1H3,(H,17,20). The van der Waals surface area contributed by atoms with Crippen molar-refractivity contribution in [3.05, 3.63) is 34.3 Å². The number of hydrogen-bond donors (Lipinski definition) is 1. The predicted octanol–water partition coefficient (Wildman–Crippen LogP) is 3.23. The van der Waals surface area contributed by atoms with Crippen molar-refractivity contribution in [3.63, 3.8) is 0 Å². The largest absolute Gasteiger partial charge is 0.360 e. The Balaban J connectivity index is 1.61. The van der Waals surface area contributed by atoms with E-state index in [0.29, 0.717) is 28.0 Å². The van der Waals surface area contributed by atoms with Gasteiger partial charge >= 0.3 is 0 Å². The maximum absolute atomic E-state index is 12.5. The highest BCUT2D eigenvalue weighted by Gasteiger charge is 2.25. The van der Waals surface area contributed by atoms with E-state index in [1.807, 2.05) is 11.4 Å². The van der Waals surface area contributed by atoms with Crippen LogP contribution in [0.1, 0.15) is 40.5 Å². The Hall–Kier alpha value is -2.48. The first-order valence-electron chi connectivity index (χ1n) is 7.39. The van der Waals surface area contributed by atoms with Gasteiger partial charge in [-0.25, -0.2) is 0 Å². The van der Waals surface area contributed by atoms with Crippen molar-refractivity contribution in [3.8, 4) is 11.5 Å². The third-order valence-corrected chi connectivity index (χ3v) is 4.65. The average Bonchev–Trinajstić information content (AvgIpc) is 3.25. The average molecular weight is 330 g/mol. The van der Waals surface area contributed by atoms with Gasteiger partial charge in [0, 0.05) is 12.0 Å². The summed E-state index contributed by atoms with van der Waals surface area (Å²) < 4.78 is 10.5. The summed E-state index contributed by atoms with van der Waals surface area (Å²) in [6, 6.07) is 1.84. The highest BCUT2D eigenvalue weighted by Crippen LogP contribution is 2.33. The maximum atomic E-state index is 12.5. The Labute approximate surface area is 135 Å². The first-order chi connectivity index (χ1) is 11.2. The Kier molecular flexibility index (Phi) is 3.45. The lowest BCUT2D eigenvalue weighted by Crippen LogP contribution is -2.15. The molecule has 3 heterocycles. The zero-order chi connectivity index (χ0) is 15.8. The van der Waals surface area contributed by atoms with Crippen molar-refractivity contribution < 1.29 is 13.8 Å². The van der Waals surface area contributed by atoms with Crippen molar-refractivity contribution in [2.45, 2.75) is 32.6 Å². The quantitative estimate of drug-likeness (QED) is 0.792. The van der Waals surface area contributed by atoms with E-state index in [9.17, 15) is 4.79 Å². The van der Waals surface area contributed by atoms with Gasteiger partial charge in [0.1, 0.15) is 10.8 Å². The van der Waals surface area contributed by atoms with Crippen molar-refractivity contribution in [1.82, 2.24) is 15.3 Å². The van der Waals surface area contributed by atoms with Gasteiger partial charge in [-0.1, -0.05) is 10.3 Å². The third kappa shape index (κ3) is 2.55. The van der Waals surface area contributed by atoms with Crippen LogP contribution in [0.25, 0.3) is 11.5 Å². The minimum atomic E-state index is -0.267. The van der Waals surface area contributed by atoms with Crippen molar-refractivity contribution >= 4 is 22.2 Å². The minimum Gasteiger partial charge on any atom is -0.360 e. The molecule has 0 bridgehead atoms. The van der Waals surface area contributed by atoms with Crippen molar-refractivity contribution in [2.24, 2.45) is 0 Å². The zero-order valence-corrected chi connectivity index (χ0v) is 13.3. The lowest BCUT2D eigenvalue weighted by atomic mass is 9.96. The molecular weight excluding hydrogens is 316 g/mol. The third-order valence-electron chi connectivity index (χ3n) is 3.82. The maximum Gasteiger partial charge on any atom is 0.278 e. The van der Waals surface area contributed by atoms with Gasteiger partial charge in [-0.2, -0.15) is 4.98 Å². The second kappa shape index (κ2) is 5.62. The number of carbonyl (C=O) groups excluding carboxylic acids is 1. The summed E-state index contributed by atoms with van der Waals surface area (Å²) in [6.45, 7) is 1.75. The van der Waals surface area contributed by atoms with Gasteiger partial charge in [-0.3, -0.25) is 4.79 Å². The van der Waals surface area contributed by atoms with Crippen molar-refractivity contribution in [2.75, 3.05) is 5.32 Å². The van der Waals surface area contributed by atoms with Gasteiger partial charge in [0.15, 0.2) is 11.5 Å². The summed E-state index contributed by atoms with van der Waals surface area (Å²) in [5.74, 6) is 1.51. The fourth-order valence-corrected chi connectivity index (χ4v) is 3.48. The van der Waals surface area contributed by atoms with Crippen LogP contribution in [0.15, 0.2) is 20.5 Å². The van der Waals surface area contributed by atoms with Crippen LogP contribution < -0.4 is 5.32 Å². The lowest BCUT2D eigenvalue weighted by Gasteiger charge is -2.09. The zero-order valence-electron chi connectivity index (χ0n) is 12.5. The molecule has 0 atom stereocenters. The van der Waals surface area contributed by atoms with E-state index < -0.39 is 0 Å². The molecule has 0 spiro atoms. The molecule has 8 heteroatoms. The molecule has 0 saturated heterocycles. The highest BCUT2D eigenvalue weighted by molar-refractivity contribution is 7.15. The lowest BCUT2D eigenvalue weighted by molar-refractivity contribution is 0.101. The molecule has 3 aromatic rings. The number of nitrogens with one attached hydrogen (secondary N) is 1. The molecule has 0 saturated carbocycles. The summed E-state index contributed by atoms with van der Waals surface area (Å²) in [4.78, 5) is 16.7. The van der Waals surface area contributed by atoms with Crippen LogP contribution in [-0.4, -0.2) is 21.2 Å². The molecule has 7 nitrogen and oxygen atoms in total. The number of thiophene rings is 1. The SMILES string of the molecule is Cc1noc(-c2ccsc2NC(=O)c2noc3c2CCCC3)n1. The Morgan fingerprint density at radius 2 is 2.13 bits per heavy atom. The van der Waals surface area contributed by atoms with E-state index in [4.69, 9.17) is 9.05 Å². The van der Waals surface area contributed by atoms with Crippen LogP contribution >= 0.6 is 11.3 Å². The number of hydrogen-bond acceptors (Lipinski definition) is 7. The fourth-order valence-electron chi connectivity index (χ4n) is 2.71. The number of amides is 1. The second-order valence-electron chi connectivity index (χ2n) is 5.40. The van der Waals surface area contributed by atoms with Crippen molar-refractivity contribution in [1.29, 1.82) is 0 Å². The van der Waals surface area contributed by atoms with Crippen LogP contribution in [0.4, 0.5) is 5.00 Å². The van der Waals surface area contributed by atoms with Crippen LogP contribution in [0, 0.1) is 6.92 Å². The minimum absolute atomic E-state index is 0.267. The van der Waals surface area contributed by atoms with Crippen LogP contribution in [0.3, 0.4) is 0 Å². The van der Waals surface area contributed by atoms with Crippen LogP contribution in [0.2, 0.25) is 0 Å². The first kappa shape index (κ1) is 14.1. The number of nitrogens with zero attached hydrogens (tertiary/aromatic N) is 3. The van der Waals surface area contributed by atoms with E-state index in [-0.39, 0.29) is 5.91 Å². The molecular formula is C15H14N4O3S. The summed E-state index contributed by atoms with van der Waals surface area (Å²) >= 11 is 1.40. The number of fused-ring (bicyclic) bond motifs is 1. The molecule has 1 aliphatic carbocycles. The Morgan fingerprint density at radius 3 is 2.96 bits per heavy atom. The van der Waals surface area contributed by atoms with Gasteiger partial charge in [0.2, 0.25) is 0 Å². The molecule has 0 radical (unpaired) electrons. The first-order valence-corrected chi connectivity index (χ1v) is 8.27. The molecule has 0 aliphatic heterocycles. The van der Waals surface area contributed by atoms with E-state index in [0.717, 1.165) is 37.0 Å². The smallest absolute Gasteiger partial charge is 0.278 e. The molecule has 0 unspecified atom stereocenters. The summed E-state index contributed by atoms with van der Waals surface area (Å²) in [6.07, 6.45) is 3.82. The number of rotatable bonds is 3. The molecule has 0 aromatic carbocycles. The number of aromatic nitrogens is 3. The van der Waals surface area contributed by atoms with E-state index >= 15 is 0 Å². The summed E-state index contributed by atoms with van der Waals surface area (Å²) in [5.41, 5.74) is 2.02. The summed E-state index contributed by atoms with van der Waals surface area (Å²) in [7, 11) is 0. The second-order valence-corrected chi connectivity index (χ2v) is 6.32. The molecule has 23 heavy (non-hydrogen) atoms. The Morgan fingerprint density at radius 1 is 1.26 bits per heavy atom. The highest BCUT2D eigenvalue weighted by atomic mass is 32.1. The monoisotopic (exact) mass is 330 g/mol. The van der Waals surface area contributed by atoms with Gasteiger partial charge in [0.05, 0.1) is 5.56 Å². The van der Waals surface area contributed by atoms with Gasteiger partial charge in [-0.05, 0) is 37.6 Å². The van der Waals surface area contributed by atoms with Crippen LogP contribution in [0.5, 0.6) is 0 Å². The molecule has 1 amide bonds. The molecule has 3 aromatic heterocycles. The predicted molar refractivity (Wildman–Crippen MR) is 83.4 cm³/mol. The molecule has 118 valence electrons. The van der Waals surface area contributed by atoms with Gasteiger partial charge < -0.3 is 14.4 Å². The number of anilines is 1. The Bertz CT molecular complexity index is 864. The van der Waals surface area contributed by atoms with Gasteiger partial charge in [0.25, 0.3) is 11.8 Å². The molecule has 1 N–H and O–H groups in total. The van der Waals surface area contributed by atoms with E-state index in [1.165, 1.54) is 11.3 Å². The number of carbonyl (C=O) groups is 1.